The van der Waals surface area contributed by atoms with Crippen molar-refractivity contribution in [2.24, 2.45) is 0 Å². The molecule has 0 saturated carbocycles. The second kappa shape index (κ2) is 5.13. The molecule has 1 aromatic carbocycles. The third-order valence-electron chi connectivity index (χ3n) is 2.58. The predicted molar refractivity (Wildman–Crippen MR) is 61.5 cm³/mol. The average Bonchev–Trinajstić information content (AvgIpc) is 2.81. The summed E-state index contributed by atoms with van der Waals surface area (Å²) in [6.07, 6.45) is -3.99. The maximum absolute atomic E-state index is 12.5. The molecular weight excluding hydrogens is 273 g/mol. The van der Waals surface area contributed by atoms with Crippen molar-refractivity contribution < 1.29 is 18.0 Å². The van der Waals surface area contributed by atoms with E-state index in [0.29, 0.717) is 11.8 Å². The van der Waals surface area contributed by atoms with Crippen molar-refractivity contribution in [1.82, 2.24) is 15.0 Å². The Labute approximate surface area is 111 Å². The Morgan fingerprint density at radius 2 is 1.95 bits per heavy atom. The van der Waals surface area contributed by atoms with E-state index >= 15 is 0 Å². The highest BCUT2D eigenvalue weighted by atomic mass is 19.4. The van der Waals surface area contributed by atoms with Crippen LogP contribution in [-0.4, -0.2) is 21.3 Å². The van der Waals surface area contributed by atoms with Crippen LogP contribution in [0.2, 0.25) is 0 Å². The highest BCUT2D eigenvalue weighted by Gasteiger charge is 2.30. The number of carbonyl (C=O) groups excluding carboxylic acids is 1. The minimum Gasteiger partial charge on any atom is -0.296 e. The van der Waals surface area contributed by atoms with Crippen LogP contribution >= 0.6 is 0 Å². The SMILES string of the molecule is N#CCn1nnc(C=O)c1-c1ccc(C(F)(F)F)cc1. The molecule has 0 aliphatic rings. The normalized spacial score (nSPS) is 11.1. The number of rotatable bonds is 3. The quantitative estimate of drug-likeness (QED) is 0.809. The lowest BCUT2D eigenvalue weighted by Crippen LogP contribution is -2.05. The zero-order valence-corrected chi connectivity index (χ0v) is 9.92. The van der Waals surface area contributed by atoms with Crippen LogP contribution in [0.1, 0.15) is 16.1 Å². The molecule has 102 valence electrons. The van der Waals surface area contributed by atoms with E-state index in [1.54, 1.807) is 0 Å². The van der Waals surface area contributed by atoms with Crippen LogP contribution in [0.25, 0.3) is 11.3 Å². The topological polar surface area (TPSA) is 71.6 Å². The summed E-state index contributed by atoms with van der Waals surface area (Å²) in [6.45, 7) is -0.156. The zero-order chi connectivity index (χ0) is 14.8. The molecule has 0 aliphatic carbocycles. The summed E-state index contributed by atoms with van der Waals surface area (Å²) in [5, 5.41) is 15.8. The van der Waals surface area contributed by atoms with E-state index in [1.807, 2.05) is 6.07 Å². The number of hydrogen-bond acceptors (Lipinski definition) is 4. The van der Waals surface area contributed by atoms with Crippen molar-refractivity contribution in [3.8, 4) is 17.3 Å². The molecule has 2 rings (SSSR count). The highest BCUT2D eigenvalue weighted by molar-refractivity contribution is 5.83. The van der Waals surface area contributed by atoms with Gasteiger partial charge in [0.25, 0.3) is 0 Å². The molecule has 0 saturated heterocycles. The molecule has 0 aliphatic heterocycles. The van der Waals surface area contributed by atoms with Gasteiger partial charge in [0, 0.05) is 5.56 Å². The minimum atomic E-state index is -4.43. The fraction of sp³-hybridized carbons (Fsp3) is 0.167. The van der Waals surface area contributed by atoms with Crippen LogP contribution in [0.5, 0.6) is 0 Å². The number of benzene rings is 1. The van der Waals surface area contributed by atoms with E-state index in [4.69, 9.17) is 5.26 Å². The van der Waals surface area contributed by atoms with Gasteiger partial charge in [-0.15, -0.1) is 5.10 Å². The van der Waals surface area contributed by atoms with Gasteiger partial charge >= 0.3 is 6.18 Å². The van der Waals surface area contributed by atoms with Crippen molar-refractivity contribution >= 4 is 6.29 Å². The second-order valence-electron chi connectivity index (χ2n) is 3.83. The van der Waals surface area contributed by atoms with Crippen molar-refractivity contribution in [2.75, 3.05) is 0 Å². The Bertz CT molecular complexity index is 667. The van der Waals surface area contributed by atoms with E-state index in [2.05, 4.69) is 10.3 Å². The van der Waals surface area contributed by atoms with Crippen LogP contribution in [0.4, 0.5) is 13.2 Å². The number of aldehydes is 1. The molecule has 0 amide bonds. The monoisotopic (exact) mass is 280 g/mol. The summed E-state index contributed by atoms with van der Waals surface area (Å²) < 4.78 is 38.6. The summed E-state index contributed by atoms with van der Waals surface area (Å²) in [7, 11) is 0. The Kier molecular flexibility index (Phi) is 3.52. The van der Waals surface area contributed by atoms with Crippen molar-refractivity contribution in [2.45, 2.75) is 12.7 Å². The third kappa shape index (κ3) is 2.51. The number of aromatic nitrogens is 3. The molecule has 0 spiro atoms. The van der Waals surface area contributed by atoms with Crippen molar-refractivity contribution in [3.05, 3.63) is 35.5 Å². The molecule has 0 N–H and O–H groups in total. The van der Waals surface area contributed by atoms with Crippen LogP contribution in [-0.2, 0) is 12.7 Å². The lowest BCUT2D eigenvalue weighted by molar-refractivity contribution is -0.137. The van der Waals surface area contributed by atoms with Crippen molar-refractivity contribution in [1.29, 1.82) is 5.26 Å². The standard InChI is InChI=1S/C12H7F3N4O/c13-12(14,15)9-3-1-8(2-4-9)11-10(7-20)17-18-19(11)6-5-16/h1-4,7H,6H2. The highest BCUT2D eigenvalue weighted by Crippen LogP contribution is 2.31. The van der Waals surface area contributed by atoms with Gasteiger partial charge in [0.1, 0.15) is 12.2 Å². The number of hydrogen-bond donors (Lipinski definition) is 0. The molecule has 20 heavy (non-hydrogen) atoms. The number of carbonyl (C=O) groups is 1. The van der Waals surface area contributed by atoms with Gasteiger partial charge in [-0.2, -0.15) is 18.4 Å². The van der Waals surface area contributed by atoms with Gasteiger partial charge in [-0.3, -0.25) is 4.79 Å². The molecule has 8 heteroatoms. The summed E-state index contributed by atoms with van der Waals surface area (Å²) in [5.41, 5.74) is -0.274. The molecule has 0 fully saturated rings. The second-order valence-corrected chi connectivity index (χ2v) is 3.83. The fourth-order valence-electron chi connectivity index (χ4n) is 1.70. The van der Waals surface area contributed by atoms with Crippen LogP contribution in [0.15, 0.2) is 24.3 Å². The Morgan fingerprint density at radius 3 is 2.45 bits per heavy atom. The first-order valence-electron chi connectivity index (χ1n) is 5.40. The Balaban J connectivity index is 2.49. The molecule has 0 bridgehead atoms. The molecule has 2 aromatic rings. The predicted octanol–water partition coefficient (Wildman–Crippen LogP) is 2.30. The molecule has 1 heterocycles. The van der Waals surface area contributed by atoms with E-state index in [1.165, 1.54) is 12.1 Å². The summed E-state index contributed by atoms with van der Waals surface area (Å²) in [4.78, 5) is 10.9. The number of alkyl halides is 3. The van der Waals surface area contributed by atoms with Gasteiger partial charge in [0.05, 0.1) is 11.6 Å². The van der Waals surface area contributed by atoms with Crippen LogP contribution in [0.3, 0.4) is 0 Å². The van der Waals surface area contributed by atoms with Gasteiger partial charge < -0.3 is 0 Å². The smallest absolute Gasteiger partial charge is 0.296 e. The lowest BCUT2D eigenvalue weighted by atomic mass is 10.1. The van der Waals surface area contributed by atoms with Gasteiger partial charge in [0.2, 0.25) is 0 Å². The van der Waals surface area contributed by atoms with E-state index in [-0.39, 0.29) is 17.9 Å². The molecular formula is C12H7F3N4O. The molecule has 0 radical (unpaired) electrons. The van der Waals surface area contributed by atoms with Gasteiger partial charge in [-0.1, -0.05) is 17.3 Å². The minimum absolute atomic E-state index is 0.0278. The van der Waals surface area contributed by atoms with E-state index < -0.39 is 11.7 Å². The Hall–Kier alpha value is -2.69. The molecule has 0 atom stereocenters. The maximum atomic E-state index is 12.5. The first-order valence-corrected chi connectivity index (χ1v) is 5.40. The van der Waals surface area contributed by atoms with Crippen LogP contribution < -0.4 is 0 Å². The van der Waals surface area contributed by atoms with Crippen molar-refractivity contribution in [3.63, 3.8) is 0 Å². The van der Waals surface area contributed by atoms with Gasteiger partial charge in [0.15, 0.2) is 12.0 Å². The first-order chi connectivity index (χ1) is 9.47. The van der Waals surface area contributed by atoms with Crippen LogP contribution in [0, 0.1) is 11.3 Å². The first kappa shape index (κ1) is 13.7. The molecule has 1 aromatic heterocycles. The molecule has 0 unspecified atom stereocenters. The molecule has 5 nitrogen and oxygen atoms in total. The summed E-state index contributed by atoms with van der Waals surface area (Å²) in [5.74, 6) is 0. The summed E-state index contributed by atoms with van der Waals surface area (Å²) in [6, 6.07) is 6.05. The summed E-state index contributed by atoms with van der Waals surface area (Å²) >= 11 is 0. The van der Waals surface area contributed by atoms with E-state index in [9.17, 15) is 18.0 Å². The zero-order valence-electron chi connectivity index (χ0n) is 9.92. The number of nitriles is 1. The van der Waals surface area contributed by atoms with E-state index in [0.717, 1.165) is 16.8 Å². The largest absolute Gasteiger partial charge is 0.416 e. The number of halogens is 3. The third-order valence-corrected chi connectivity index (χ3v) is 2.58. The van der Waals surface area contributed by atoms with Gasteiger partial charge in [-0.05, 0) is 12.1 Å². The fourth-order valence-corrected chi connectivity index (χ4v) is 1.70. The maximum Gasteiger partial charge on any atom is 0.416 e. The average molecular weight is 280 g/mol. The number of nitrogens with zero attached hydrogens (tertiary/aromatic N) is 4. The Morgan fingerprint density at radius 1 is 1.30 bits per heavy atom. The van der Waals surface area contributed by atoms with Gasteiger partial charge in [-0.25, -0.2) is 4.68 Å². The lowest BCUT2D eigenvalue weighted by Gasteiger charge is -2.08.